The maximum atomic E-state index is 9.17. The molecular formula is C5H12O2. The van der Waals surface area contributed by atoms with Crippen LogP contribution >= 0.6 is 0 Å². The Morgan fingerprint density at radius 1 is 1.57 bits per heavy atom. The zero-order valence-electron chi connectivity index (χ0n) is 5.10. The third-order valence-electron chi connectivity index (χ3n) is 0.167. The van der Waals surface area contributed by atoms with Gasteiger partial charge < -0.3 is 9.53 Å². The standard InChI is InChI=1S/C3H6O.C2H6O/c1-2-3-4;1-3-2/h3H,2H2,1H3;1-2H3. The number of ether oxygens (including phenoxy) is 1. The van der Waals surface area contributed by atoms with E-state index in [-0.39, 0.29) is 0 Å². The molecule has 0 aromatic carbocycles. The minimum Gasteiger partial charge on any atom is -0.388 e. The highest BCUT2D eigenvalue weighted by molar-refractivity contribution is 5.48. The number of carbonyl (C=O) groups excluding carboxylic acids is 1. The van der Waals surface area contributed by atoms with Crippen LogP contribution in [0.25, 0.3) is 0 Å². The Morgan fingerprint density at radius 2 is 1.71 bits per heavy atom. The van der Waals surface area contributed by atoms with Crippen molar-refractivity contribution in [3.05, 3.63) is 0 Å². The van der Waals surface area contributed by atoms with Gasteiger partial charge in [0.1, 0.15) is 6.29 Å². The summed E-state index contributed by atoms with van der Waals surface area (Å²) in [5.41, 5.74) is 0. The first kappa shape index (κ1) is 9.80. The molecule has 0 aliphatic carbocycles. The number of rotatable bonds is 1. The summed E-state index contributed by atoms with van der Waals surface area (Å²) in [6.45, 7) is 1.81. The molecule has 0 aliphatic rings. The van der Waals surface area contributed by atoms with Gasteiger partial charge in [-0.05, 0) is 0 Å². The maximum Gasteiger partial charge on any atom is 0.119 e. The number of aldehydes is 1. The summed E-state index contributed by atoms with van der Waals surface area (Å²) in [7, 11) is 3.25. The van der Waals surface area contributed by atoms with Crippen molar-refractivity contribution in [1.29, 1.82) is 0 Å². The van der Waals surface area contributed by atoms with E-state index in [0.717, 1.165) is 6.29 Å². The summed E-state index contributed by atoms with van der Waals surface area (Å²) in [4.78, 5) is 9.17. The van der Waals surface area contributed by atoms with Gasteiger partial charge in [-0.25, -0.2) is 0 Å². The topological polar surface area (TPSA) is 26.3 Å². The van der Waals surface area contributed by atoms with E-state index in [1.807, 2.05) is 6.92 Å². The van der Waals surface area contributed by atoms with Gasteiger partial charge in [-0.2, -0.15) is 0 Å². The molecule has 0 amide bonds. The van der Waals surface area contributed by atoms with Crippen LogP contribution in [0.2, 0.25) is 0 Å². The second-order valence-electron chi connectivity index (χ2n) is 0.983. The van der Waals surface area contributed by atoms with Crippen molar-refractivity contribution in [1.82, 2.24) is 0 Å². The second kappa shape index (κ2) is 17.4. The Labute approximate surface area is 44.5 Å². The zero-order valence-corrected chi connectivity index (χ0v) is 5.10. The molecule has 0 bridgehead atoms. The maximum absolute atomic E-state index is 9.17. The van der Waals surface area contributed by atoms with Gasteiger partial charge in [0.2, 0.25) is 0 Å². The second-order valence-corrected chi connectivity index (χ2v) is 0.983. The number of carbonyl (C=O) groups is 1. The average Bonchev–Trinajstić information content (AvgIpc) is 1.69. The molecule has 0 aromatic heterocycles. The van der Waals surface area contributed by atoms with Crippen molar-refractivity contribution in [2.24, 2.45) is 0 Å². The summed E-state index contributed by atoms with van der Waals surface area (Å²) >= 11 is 0. The van der Waals surface area contributed by atoms with Gasteiger partial charge in [0, 0.05) is 20.6 Å². The Morgan fingerprint density at radius 3 is 1.71 bits per heavy atom. The molecule has 0 rings (SSSR count). The Hall–Kier alpha value is -0.370. The predicted molar refractivity (Wildman–Crippen MR) is 29.3 cm³/mol. The third-order valence-corrected chi connectivity index (χ3v) is 0.167. The highest BCUT2D eigenvalue weighted by Crippen LogP contribution is 1.53. The van der Waals surface area contributed by atoms with E-state index in [2.05, 4.69) is 4.74 Å². The lowest BCUT2D eigenvalue weighted by atomic mass is 10.6. The molecule has 2 heteroatoms. The molecule has 0 saturated heterocycles. The highest BCUT2D eigenvalue weighted by atomic mass is 16.4. The van der Waals surface area contributed by atoms with Crippen LogP contribution in [0.5, 0.6) is 0 Å². The van der Waals surface area contributed by atoms with Crippen LogP contribution in [0.4, 0.5) is 0 Å². The van der Waals surface area contributed by atoms with Crippen LogP contribution in [0.1, 0.15) is 13.3 Å². The van der Waals surface area contributed by atoms with Gasteiger partial charge in [-0.3, -0.25) is 0 Å². The van der Waals surface area contributed by atoms with Gasteiger partial charge in [0.05, 0.1) is 0 Å². The fraction of sp³-hybridized carbons (Fsp3) is 0.800. The van der Waals surface area contributed by atoms with Gasteiger partial charge >= 0.3 is 0 Å². The number of hydrogen-bond acceptors (Lipinski definition) is 2. The van der Waals surface area contributed by atoms with Gasteiger partial charge in [0.15, 0.2) is 0 Å². The molecule has 0 aliphatic heterocycles. The summed E-state index contributed by atoms with van der Waals surface area (Å²) in [6.07, 6.45) is 1.51. The molecule has 0 fully saturated rings. The molecular weight excluding hydrogens is 92.1 g/mol. The van der Waals surface area contributed by atoms with Crippen LogP contribution in [-0.4, -0.2) is 20.5 Å². The lowest BCUT2D eigenvalue weighted by Crippen LogP contribution is -1.55. The lowest BCUT2D eigenvalue weighted by Gasteiger charge is -1.61. The van der Waals surface area contributed by atoms with E-state index >= 15 is 0 Å². The van der Waals surface area contributed by atoms with Crippen LogP contribution < -0.4 is 0 Å². The van der Waals surface area contributed by atoms with Crippen LogP contribution in [0, 0.1) is 0 Å². The van der Waals surface area contributed by atoms with Crippen molar-refractivity contribution >= 4 is 6.29 Å². The quantitative estimate of drug-likeness (QED) is 0.461. The molecule has 0 N–H and O–H groups in total. The van der Waals surface area contributed by atoms with Gasteiger partial charge in [0.25, 0.3) is 0 Å². The van der Waals surface area contributed by atoms with Crippen molar-refractivity contribution in [2.75, 3.05) is 14.2 Å². The van der Waals surface area contributed by atoms with Crippen molar-refractivity contribution in [3.63, 3.8) is 0 Å². The fourth-order valence-corrected chi connectivity index (χ4v) is 0. The minimum atomic E-state index is 0.639. The predicted octanol–water partition coefficient (Wildman–Crippen LogP) is 0.858. The summed E-state index contributed by atoms with van der Waals surface area (Å²) < 4.78 is 4.25. The van der Waals surface area contributed by atoms with Gasteiger partial charge in [-0.1, -0.05) is 6.92 Å². The molecule has 0 unspecified atom stereocenters. The SMILES string of the molecule is CCC=O.COC. The lowest BCUT2D eigenvalue weighted by molar-refractivity contribution is -0.107. The monoisotopic (exact) mass is 104 g/mol. The van der Waals surface area contributed by atoms with E-state index in [1.54, 1.807) is 14.2 Å². The first-order chi connectivity index (χ1) is 3.33. The Balaban J connectivity index is 0. The summed E-state index contributed by atoms with van der Waals surface area (Å²) in [6, 6.07) is 0. The molecule has 2 nitrogen and oxygen atoms in total. The van der Waals surface area contributed by atoms with Crippen LogP contribution in [0.15, 0.2) is 0 Å². The minimum absolute atomic E-state index is 0.639. The largest absolute Gasteiger partial charge is 0.388 e. The third kappa shape index (κ3) is 187. The van der Waals surface area contributed by atoms with Crippen LogP contribution in [-0.2, 0) is 9.53 Å². The first-order valence-corrected chi connectivity index (χ1v) is 2.17. The van der Waals surface area contributed by atoms with Gasteiger partial charge in [-0.15, -0.1) is 0 Å². The van der Waals surface area contributed by atoms with E-state index in [9.17, 15) is 4.79 Å². The molecule has 44 valence electrons. The molecule has 0 heterocycles. The van der Waals surface area contributed by atoms with Crippen LogP contribution in [0.3, 0.4) is 0 Å². The Bertz CT molecular complexity index is 27.3. The molecule has 0 atom stereocenters. The van der Waals surface area contributed by atoms with E-state index in [1.165, 1.54) is 0 Å². The molecule has 0 spiro atoms. The fourth-order valence-electron chi connectivity index (χ4n) is 0. The molecule has 0 saturated carbocycles. The summed E-state index contributed by atoms with van der Waals surface area (Å²) in [5.74, 6) is 0. The smallest absolute Gasteiger partial charge is 0.119 e. The molecule has 0 radical (unpaired) electrons. The van der Waals surface area contributed by atoms with E-state index in [0.29, 0.717) is 6.42 Å². The highest BCUT2D eigenvalue weighted by Gasteiger charge is 1.52. The first-order valence-electron chi connectivity index (χ1n) is 2.17. The Kier molecular flexibility index (Phi) is 24.4. The number of methoxy groups -OCH3 is 1. The normalized spacial score (nSPS) is 6.14. The summed E-state index contributed by atoms with van der Waals surface area (Å²) in [5, 5.41) is 0. The molecule has 0 aromatic rings. The number of hydrogen-bond donors (Lipinski definition) is 0. The van der Waals surface area contributed by atoms with Crippen molar-refractivity contribution < 1.29 is 9.53 Å². The van der Waals surface area contributed by atoms with Crippen molar-refractivity contribution in [3.8, 4) is 0 Å². The van der Waals surface area contributed by atoms with E-state index in [4.69, 9.17) is 0 Å². The van der Waals surface area contributed by atoms with E-state index < -0.39 is 0 Å². The average molecular weight is 104 g/mol. The van der Waals surface area contributed by atoms with Crippen molar-refractivity contribution in [2.45, 2.75) is 13.3 Å². The molecule has 7 heavy (non-hydrogen) atoms. The zero-order chi connectivity index (χ0) is 6.12.